The Morgan fingerprint density at radius 2 is 1.76 bits per heavy atom. The van der Waals surface area contributed by atoms with Crippen LogP contribution in [0.3, 0.4) is 0 Å². The first kappa shape index (κ1) is 15.8. The number of thiazole rings is 1. The molecule has 25 heavy (non-hydrogen) atoms. The van der Waals surface area contributed by atoms with Crippen molar-refractivity contribution in [2.24, 2.45) is 0 Å². The molecule has 3 nitrogen and oxygen atoms in total. The van der Waals surface area contributed by atoms with Crippen LogP contribution in [0.1, 0.15) is 18.1 Å². The molecule has 3 aromatic carbocycles. The predicted molar refractivity (Wildman–Crippen MR) is 105 cm³/mol. The maximum atomic E-state index is 12.5. The second kappa shape index (κ2) is 6.65. The molecule has 4 rings (SSSR count). The zero-order chi connectivity index (χ0) is 17.2. The smallest absolute Gasteiger partial charge is 0.230 e. The number of aromatic nitrogens is 1. The Morgan fingerprint density at radius 1 is 1.00 bits per heavy atom. The number of hydrogen-bond acceptors (Lipinski definition) is 3. The molecule has 0 aliphatic heterocycles. The molecular formula is C21H18N2OS. The molecule has 1 N–H and O–H groups in total. The third kappa shape index (κ3) is 3.13. The molecule has 1 aromatic heterocycles. The van der Waals surface area contributed by atoms with Crippen molar-refractivity contribution in [3.63, 3.8) is 0 Å². The number of anilines is 1. The van der Waals surface area contributed by atoms with Gasteiger partial charge in [0.25, 0.3) is 0 Å². The number of amides is 1. The van der Waals surface area contributed by atoms with Crippen molar-refractivity contribution >= 4 is 43.4 Å². The first-order valence-corrected chi connectivity index (χ1v) is 9.21. The second-order valence-corrected chi connectivity index (χ2v) is 7.03. The Morgan fingerprint density at radius 3 is 2.64 bits per heavy atom. The lowest BCUT2D eigenvalue weighted by atomic mass is 10.0. The molecule has 4 heteroatoms. The van der Waals surface area contributed by atoms with E-state index in [1.54, 1.807) is 0 Å². The van der Waals surface area contributed by atoms with Crippen LogP contribution >= 0.6 is 11.3 Å². The van der Waals surface area contributed by atoms with Gasteiger partial charge in [-0.2, -0.15) is 0 Å². The summed E-state index contributed by atoms with van der Waals surface area (Å²) >= 11 is 1.53. The Bertz CT molecular complexity index is 1060. The van der Waals surface area contributed by atoms with E-state index in [9.17, 15) is 4.79 Å². The van der Waals surface area contributed by atoms with E-state index in [2.05, 4.69) is 41.5 Å². The van der Waals surface area contributed by atoms with Crippen molar-refractivity contribution in [2.75, 3.05) is 5.32 Å². The number of carbonyl (C=O) groups excluding carboxylic acids is 1. The summed E-state index contributed by atoms with van der Waals surface area (Å²) in [7, 11) is 0. The molecule has 0 radical (unpaired) electrons. The van der Waals surface area contributed by atoms with Crippen molar-refractivity contribution in [3.8, 4) is 0 Å². The van der Waals surface area contributed by atoms with Crippen LogP contribution in [0.5, 0.6) is 0 Å². The Balaban J connectivity index is 1.58. The highest BCUT2D eigenvalue weighted by Crippen LogP contribution is 2.28. The van der Waals surface area contributed by atoms with Gasteiger partial charge < -0.3 is 5.32 Å². The van der Waals surface area contributed by atoms with Gasteiger partial charge in [-0.3, -0.25) is 4.79 Å². The first-order chi connectivity index (χ1) is 12.2. The van der Waals surface area contributed by atoms with E-state index < -0.39 is 0 Å². The van der Waals surface area contributed by atoms with Crippen LogP contribution in [-0.2, 0) is 17.6 Å². The Hall–Kier alpha value is -2.72. The summed E-state index contributed by atoms with van der Waals surface area (Å²) in [5.74, 6) is -0.0338. The molecule has 1 amide bonds. The molecular weight excluding hydrogens is 328 g/mol. The lowest BCUT2D eigenvalue weighted by molar-refractivity contribution is -0.115. The van der Waals surface area contributed by atoms with E-state index in [1.807, 2.05) is 36.4 Å². The molecule has 1 heterocycles. The molecule has 0 fully saturated rings. The second-order valence-electron chi connectivity index (χ2n) is 6.00. The molecule has 0 bridgehead atoms. The van der Waals surface area contributed by atoms with Gasteiger partial charge in [0, 0.05) is 0 Å². The lowest BCUT2D eigenvalue weighted by Gasteiger charge is -2.06. The average Bonchev–Trinajstić information content (AvgIpc) is 3.04. The zero-order valence-electron chi connectivity index (χ0n) is 14.0. The molecule has 0 aliphatic rings. The molecule has 4 aromatic rings. The van der Waals surface area contributed by atoms with Gasteiger partial charge in [-0.25, -0.2) is 4.98 Å². The van der Waals surface area contributed by atoms with Crippen molar-refractivity contribution in [1.82, 2.24) is 4.98 Å². The maximum absolute atomic E-state index is 12.5. The minimum Gasteiger partial charge on any atom is -0.302 e. The number of nitrogens with one attached hydrogen (secondary N) is 1. The number of rotatable bonds is 4. The van der Waals surface area contributed by atoms with Gasteiger partial charge in [0.1, 0.15) is 0 Å². The van der Waals surface area contributed by atoms with Crippen LogP contribution in [-0.4, -0.2) is 10.9 Å². The van der Waals surface area contributed by atoms with E-state index in [-0.39, 0.29) is 5.91 Å². The number of nitrogens with zero attached hydrogens (tertiary/aromatic N) is 1. The van der Waals surface area contributed by atoms with E-state index in [0.717, 1.165) is 33.0 Å². The largest absolute Gasteiger partial charge is 0.302 e. The standard InChI is InChI=1S/C21H18N2OS/c1-2-14-8-6-12-18-20(14)23-21(25-18)22-19(24)13-16-10-5-9-15-7-3-4-11-17(15)16/h3-12H,2,13H2,1H3,(H,22,23,24). The summed E-state index contributed by atoms with van der Waals surface area (Å²) in [6.45, 7) is 2.12. The molecule has 0 aliphatic carbocycles. The molecule has 0 saturated carbocycles. The normalized spacial score (nSPS) is 11.1. The summed E-state index contributed by atoms with van der Waals surface area (Å²) in [6.07, 6.45) is 1.28. The van der Waals surface area contributed by atoms with Crippen LogP contribution in [0.4, 0.5) is 5.13 Å². The fourth-order valence-electron chi connectivity index (χ4n) is 3.13. The van der Waals surface area contributed by atoms with Crippen molar-refractivity contribution in [2.45, 2.75) is 19.8 Å². The minimum absolute atomic E-state index is 0.0338. The van der Waals surface area contributed by atoms with Gasteiger partial charge >= 0.3 is 0 Å². The summed E-state index contributed by atoms with van der Waals surface area (Å²) < 4.78 is 1.11. The number of aryl methyl sites for hydroxylation is 1. The quantitative estimate of drug-likeness (QED) is 0.552. The summed E-state index contributed by atoms with van der Waals surface area (Å²) in [4.78, 5) is 17.1. The van der Waals surface area contributed by atoms with Crippen molar-refractivity contribution < 1.29 is 4.79 Å². The SMILES string of the molecule is CCc1cccc2sc(NC(=O)Cc3cccc4ccccc34)nc12. The molecule has 124 valence electrons. The molecule has 0 saturated heterocycles. The van der Waals surface area contributed by atoms with Crippen LogP contribution in [0.25, 0.3) is 21.0 Å². The van der Waals surface area contributed by atoms with E-state index >= 15 is 0 Å². The minimum atomic E-state index is -0.0338. The van der Waals surface area contributed by atoms with Gasteiger partial charge in [0.15, 0.2) is 5.13 Å². The summed E-state index contributed by atoms with van der Waals surface area (Å²) in [5.41, 5.74) is 3.24. The van der Waals surface area contributed by atoms with Crippen LogP contribution < -0.4 is 5.32 Å². The maximum Gasteiger partial charge on any atom is 0.230 e. The highest BCUT2D eigenvalue weighted by Gasteiger charge is 2.11. The predicted octanol–water partition coefficient (Wildman–Crippen LogP) is 5.19. The van der Waals surface area contributed by atoms with Gasteiger partial charge in [0.2, 0.25) is 5.91 Å². The Labute approximate surface area is 150 Å². The zero-order valence-corrected chi connectivity index (χ0v) is 14.8. The first-order valence-electron chi connectivity index (χ1n) is 8.39. The number of carbonyl (C=O) groups is 1. The monoisotopic (exact) mass is 346 g/mol. The van der Waals surface area contributed by atoms with E-state index in [0.29, 0.717) is 11.6 Å². The number of para-hydroxylation sites is 1. The van der Waals surface area contributed by atoms with Crippen molar-refractivity contribution in [3.05, 3.63) is 71.8 Å². The number of hydrogen-bond donors (Lipinski definition) is 1. The highest BCUT2D eigenvalue weighted by atomic mass is 32.1. The lowest BCUT2D eigenvalue weighted by Crippen LogP contribution is -2.14. The summed E-state index contributed by atoms with van der Waals surface area (Å²) in [5, 5.41) is 5.91. The third-order valence-corrected chi connectivity index (χ3v) is 5.30. The fourth-order valence-corrected chi connectivity index (χ4v) is 4.06. The average molecular weight is 346 g/mol. The summed E-state index contributed by atoms with van der Waals surface area (Å²) in [6, 6.07) is 20.4. The molecule has 0 spiro atoms. The fraction of sp³-hybridized carbons (Fsp3) is 0.143. The highest BCUT2D eigenvalue weighted by molar-refractivity contribution is 7.22. The van der Waals surface area contributed by atoms with Gasteiger partial charge in [-0.1, -0.05) is 72.9 Å². The van der Waals surface area contributed by atoms with Gasteiger partial charge in [-0.15, -0.1) is 0 Å². The number of fused-ring (bicyclic) bond motifs is 2. The van der Waals surface area contributed by atoms with E-state index in [1.165, 1.54) is 16.9 Å². The molecule has 0 unspecified atom stereocenters. The van der Waals surface area contributed by atoms with Crippen LogP contribution in [0, 0.1) is 0 Å². The molecule has 0 atom stereocenters. The van der Waals surface area contributed by atoms with Crippen LogP contribution in [0.2, 0.25) is 0 Å². The van der Waals surface area contributed by atoms with E-state index in [4.69, 9.17) is 0 Å². The van der Waals surface area contributed by atoms with Gasteiger partial charge in [-0.05, 0) is 34.4 Å². The van der Waals surface area contributed by atoms with Crippen molar-refractivity contribution in [1.29, 1.82) is 0 Å². The number of benzene rings is 3. The topological polar surface area (TPSA) is 42.0 Å². The Kier molecular flexibility index (Phi) is 4.20. The van der Waals surface area contributed by atoms with Crippen LogP contribution in [0.15, 0.2) is 60.7 Å². The van der Waals surface area contributed by atoms with Gasteiger partial charge in [0.05, 0.1) is 16.6 Å². The third-order valence-electron chi connectivity index (χ3n) is 4.36.